The number of carbonyl (C=O) groups excluding carboxylic acids is 2. The Morgan fingerprint density at radius 1 is 1.10 bits per heavy atom. The number of allylic oxidation sites excluding steroid dienone is 2. The van der Waals surface area contributed by atoms with Crippen molar-refractivity contribution >= 4 is 28.9 Å². The molecule has 0 fully saturated rings. The Morgan fingerprint density at radius 3 is 2.48 bits per heavy atom. The third-order valence-electron chi connectivity index (χ3n) is 5.06. The summed E-state index contributed by atoms with van der Waals surface area (Å²) >= 11 is 6.41. The molecular weight excluding hydrogens is 392 g/mol. The second-order valence-electron chi connectivity index (χ2n) is 6.70. The van der Waals surface area contributed by atoms with Crippen LogP contribution in [-0.2, 0) is 14.3 Å². The lowest BCUT2D eigenvalue weighted by Crippen LogP contribution is -2.34. The number of rotatable bonds is 6. The number of ketones is 1. The topological polar surface area (TPSA) is 61.8 Å². The Bertz CT molecular complexity index is 950. The Hall–Kier alpha value is -2.79. The van der Waals surface area contributed by atoms with E-state index in [1.807, 2.05) is 30.3 Å². The quantitative estimate of drug-likeness (QED) is 0.507. The van der Waals surface area contributed by atoms with Crippen LogP contribution in [0.3, 0.4) is 0 Å². The molecule has 1 aliphatic rings. The minimum atomic E-state index is -0.918. The van der Waals surface area contributed by atoms with Crippen LogP contribution < -0.4 is 9.47 Å². The van der Waals surface area contributed by atoms with Gasteiger partial charge in [0, 0.05) is 10.9 Å². The first kappa shape index (κ1) is 20.9. The third kappa shape index (κ3) is 4.30. The SMILES string of the molecule is CCOC(=O)[C@@H]1C(=O)C=C(c2ccc(OC)c(OC)c2)C[C@@H]1c1ccccc1Cl. The Balaban J connectivity index is 2.06. The van der Waals surface area contributed by atoms with Gasteiger partial charge in [-0.15, -0.1) is 0 Å². The van der Waals surface area contributed by atoms with Crippen molar-refractivity contribution in [3.05, 3.63) is 64.7 Å². The molecule has 0 aliphatic heterocycles. The fraction of sp³-hybridized carbons (Fsp3) is 0.304. The Kier molecular flexibility index (Phi) is 6.60. The molecule has 0 saturated carbocycles. The van der Waals surface area contributed by atoms with Crippen molar-refractivity contribution in [2.75, 3.05) is 20.8 Å². The summed E-state index contributed by atoms with van der Waals surface area (Å²) in [4.78, 5) is 25.6. The highest BCUT2D eigenvalue weighted by molar-refractivity contribution is 6.31. The molecule has 2 aromatic carbocycles. The predicted molar refractivity (Wildman–Crippen MR) is 111 cm³/mol. The highest BCUT2D eigenvalue weighted by Crippen LogP contribution is 2.43. The lowest BCUT2D eigenvalue weighted by molar-refractivity contribution is -0.151. The number of benzene rings is 2. The van der Waals surface area contributed by atoms with Crippen LogP contribution in [0.25, 0.3) is 5.57 Å². The maximum atomic E-state index is 13.0. The van der Waals surface area contributed by atoms with E-state index in [9.17, 15) is 9.59 Å². The maximum absolute atomic E-state index is 13.0. The molecule has 0 spiro atoms. The van der Waals surface area contributed by atoms with E-state index in [-0.39, 0.29) is 12.4 Å². The van der Waals surface area contributed by atoms with E-state index in [4.69, 9.17) is 25.8 Å². The number of hydrogen-bond acceptors (Lipinski definition) is 5. The van der Waals surface area contributed by atoms with Gasteiger partial charge in [0.15, 0.2) is 17.3 Å². The molecule has 0 N–H and O–H groups in total. The summed E-state index contributed by atoms with van der Waals surface area (Å²) < 4.78 is 15.9. The molecule has 0 unspecified atom stereocenters. The van der Waals surface area contributed by atoms with E-state index in [0.717, 1.165) is 16.7 Å². The van der Waals surface area contributed by atoms with Crippen molar-refractivity contribution in [2.24, 2.45) is 5.92 Å². The van der Waals surface area contributed by atoms with Gasteiger partial charge in [0.25, 0.3) is 0 Å². The van der Waals surface area contributed by atoms with Crippen LogP contribution in [0.5, 0.6) is 11.5 Å². The molecule has 0 heterocycles. The van der Waals surface area contributed by atoms with Gasteiger partial charge in [0.1, 0.15) is 5.92 Å². The lowest BCUT2D eigenvalue weighted by Gasteiger charge is -2.30. The van der Waals surface area contributed by atoms with Crippen LogP contribution in [0.2, 0.25) is 5.02 Å². The summed E-state index contributed by atoms with van der Waals surface area (Å²) in [5.74, 6) is -0.970. The number of hydrogen-bond donors (Lipinski definition) is 0. The standard InChI is InChI=1S/C23H23ClO5/c1-4-29-23(26)22-17(16-7-5-6-8-18(16)24)11-15(12-19(22)25)14-9-10-20(27-2)21(13-14)28-3/h5-10,12-13,17,22H,4,11H2,1-3H3/t17-,22+/m1/s1. The molecule has 0 aromatic heterocycles. The third-order valence-corrected chi connectivity index (χ3v) is 5.41. The van der Waals surface area contributed by atoms with Crippen LogP contribution in [0.15, 0.2) is 48.5 Å². The van der Waals surface area contributed by atoms with Gasteiger partial charge in [-0.05, 0) is 54.3 Å². The van der Waals surface area contributed by atoms with E-state index in [1.54, 1.807) is 33.3 Å². The molecule has 2 atom stereocenters. The summed E-state index contributed by atoms with van der Waals surface area (Å²) in [6.07, 6.45) is 1.99. The van der Waals surface area contributed by atoms with Crippen LogP contribution in [0.4, 0.5) is 0 Å². The summed E-state index contributed by atoms with van der Waals surface area (Å²) in [7, 11) is 3.13. The molecule has 2 aromatic rings. The predicted octanol–water partition coefficient (Wildman–Crippen LogP) is 4.68. The van der Waals surface area contributed by atoms with Gasteiger partial charge in [-0.25, -0.2) is 0 Å². The van der Waals surface area contributed by atoms with E-state index in [2.05, 4.69) is 0 Å². The molecule has 1 aliphatic carbocycles. The van der Waals surface area contributed by atoms with Crippen LogP contribution >= 0.6 is 11.6 Å². The van der Waals surface area contributed by atoms with Gasteiger partial charge in [0.05, 0.1) is 20.8 Å². The molecular formula is C23H23ClO5. The minimum Gasteiger partial charge on any atom is -0.493 e. The number of carbonyl (C=O) groups is 2. The molecule has 29 heavy (non-hydrogen) atoms. The lowest BCUT2D eigenvalue weighted by atomic mass is 9.73. The zero-order valence-electron chi connectivity index (χ0n) is 16.6. The average Bonchev–Trinajstić information content (AvgIpc) is 2.73. The Morgan fingerprint density at radius 2 is 1.83 bits per heavy atom. The molecule has 3 rings (SSSR count). The first-order chi connectivity index (χ1) is 14.0. The average molecular weight is 415 g/mol. The normalized spacial score (nSPS) is 18.8. The fourth-order valence-corrected chi connectivity index (χ4v) is 3.96. The number of halogens is 1. The van der Waals surface area contributed by atoms with E-state index in [0.29, 0.717) is 22.9 Å². The minimum absolute atomic E-state index is 0.212. The zero-order chi connectivity index (χ0) is 21.0. The van der Waals surface area contributed by atoms with Gasteiger partial charge in [-0.2, -0.15) is 0 Å². The van der Waals surface area contributed by atoms with Crippen LogP contribution in [-0.4, -0.2) is 32.6 Å². The summed E-state index contributed by atoms with van der Waals surface area (Å²) in [5, 5.41) is 0.521. The monoisotopic (exact) mass is 414 g/mol. The van der Waals surface area contributed by atoms with Gasteiger partial charge in [0.2, 0.25) is 0 Å². The zero-order valence-corrected chi connectivity index (χ0v) is 17.4. The van der Waals surface area contributed by atoms with E-state index in [1.165, 1.54) is 6.08 Å². The first-order valence-corrected chi connectivity index (χ1v) is 9.75. The second-order valence-corrected chi connectivity index (χ2v) is 7.11. The first-order valence-electron chi connectivity index (χ1n) is 9.38. The second kappa shape index (κ2) is 9.14. The van der Waals surface area contributed by atoms with E-state index < -0.39 is 17.8 Å². The molecule has 0 saturated heterocycles. The van der Waals surface area contributed by atoms with Crippen molar-refractivity contribution < 1.29 is 23.8 Å². The van der Waals surface area contributed by atoms with Gasteiger partial charge < -0.3 is 14.2 Å². The smallest absolute Gasteiger partial charge is 0.317 e. The molecule has 5 nitrogen and oxygen atoms in total. The molecule has 0 amide bonds. The van der Waals surface area contributed by atoms with Crippen molar-refractivity contribution in [3.8, 4) is 11.5 Å². The van der Waals surface area contributed by atoms with Crippen molar-refractivity contribution in [3.63, 3.8) is 0 Å². The molecule has 152 valence electrons. The number of esters is 1. The molecule has 6 heteroatoms. The summed E-state index contributed by atoms with van der Waals surface area (Å²) in [6.45, 7) is 1.94. The molecule has 0 radical (unpaired) electrons. The Labute approximate surface area is 175 Å². The van der Waals surface area contributed by atoms with E-state index >= 15 is 0 Å². The highest BCUT2D eigenvalue weighted by Gasteiger charge is 2.40. The van der Waals surface area contributed by atoms with Crippen molar-refractivity contribution in [2.45, 2.75) is 19.3 Å². The fourth-order valence-electron chi connectivity index (χ4n) is 3.69. The number of methoxy groups -OCH3 is 2. The number of ether oxygens (including phenoxy) is 3. The largest absolute Gasteiger partial charge is 0.493 e. The van der Waals surface area contributed by atoms with Crippen LogP contribution in [0, 0.1) is 5.92 Å². The summed E-state index contributed by atoms with van der Waals surface area (Å²) in [5.41, 5.74) is 2.39. The maximum Gasteiger partial charge on any atom is 0.317 e. The highest BCUT2D eigenvalue weighted by atomic mass is 35.5. The molecule has 0 bridgehead atoms. The van der Waals surface area contributed by atoms with Gasteiger partial charge in [-0.3, -0.25) is 9.59 Å². The van der Waals surface area contributed by atoms with Crippen molar-refractivity contribution in [1.29, 1.82) is 0 Å². The van der Waals surface area contributed by atoms with Crippen molar-refractivity contribution in [1.82, 2.24) is 0 Å². The van der Waals surface area contributed by atoms with Crippen LogP contribution in [0.1, 0.15) is 30.4 Å². The van der Waals surface area contributed by atoms with Gasteiger partial charge >= 0.3 is 5.97 Å². The summed E-state index contributed by atoms with van der Waals surface area (Å²) in [6, 6.07) is 12.8. The van der Waals surface area contributed by atoms with Gasteiger partial charge in [-0.1, -0.05) is 35.9 Å².